The van der Waals surface area contributed by atoms with Gasteiger partial charge in [-0.25, -0.2) is 0 Å². The zero-order valence-corrected chi connectivity index (χ0v) is 14.5. The van der Waals surface area contributed by atoms with Crippen LogP contribution in [0.4, 0.5) is 0 Å². The number of rotatable bonds is 0. The van der Waals surface area contributed by atoms with Crippen molar-refractivity contribution >= 4 is 0 Å². The number of aliphatic hydroxyl groups excluding tert-OH is 3. The minimum absolute atomic E-state index is 0.101. The smallest absolute Gasteiger partial charge is 0.0804 e. The van der Waals surface area contributed by atoms with Crippen LogP contribution >= 0.6 is 0 Å². The van der Waals surface area contributed by atoms with Crippen LogP contribution in [0, 0.1) is 34.5 Å². The lowest BCUT2D eigenvalue weighted by atomic mass is 9.44. The second-order valence-corrected chi connectivity index (χ2v) is 9.53. The highest BCUT2D eigenvalue weighted by molar-refractivity contribution is 5.23. The highest BCUT2D eigenvalue weighted by Crippen LogP contribution is 2.66. The highest BCUT2D eigenvalue weighted by atomic mass is 16.3. The Hall–Kier alpha value is -0.380. The molecule has 4 aliphatic carbocycles. The van der Waals surface area contributed by atoms with E-state index in [9.17, 15) is 15.3 Å². The average Bonchev–Trinajstić information content (AvgIpc) is 2.73. The Morgan fingerprint density at radius 2 is 1.65 bits per heavy atom. The van der Waals surface area contributed by atoms with Crippen molar-refractivity contribution in [3.05, 3.63) is 12.2 Å². The van der Waals surface area contributed by atoms with E-state index in [-0.39, 0.29) is 23.0 Å². The molecule has 3 N–H and O–H groups in total. The van der Waals surface area contributed by atoms with Crippen molar-refractivity contribution in [3.8, 4) is 0 Å². The quantitative estimate of drug-likeness (QED) is 0.602. The fourth-order valence-electron chi connectivity index (χ4n) is 7.14. The number of fused-ring (bicyclic) bond motifs is 5. The van der Waals surface area contributed by atoms with E-state index >= 15 is 0 Å². The molecule has 4 fully saturated rings. The molecule has 4 rings (SSSR count). The van der Waals surface area contributed by atoms with Crippen LogP contribution < -0.4 is 0 Å². The lowest BCUT2D eigenvalue weighted by Crippen LogP contribution is -2.58. The van der Waals surface area contributed by atoms with Gasteiger partial charge in [0.25, 0.3) is 0 Å². The average molecular weight is 320 g/mol. The summed E-state index contributed by atoms with van der Waals surface area (Å²) in [6.07, 6.45) is 5.81. The largest absolute Gasteiger partial charge is 0.393 e. The van der Waals surface area contributed by atoms with Gasteiger partial charge in [0, 0.05) is 5.41 Å². The first-order chi connectivity index (χ1) is 10.8. The van der Waals surface area contributed by atoms with Gasteiger partial charge in [-0.3, -0.25) is 0 Å². The molecule has 0 spiro atoms. The van der Waals surface area contributed by atoms with E-state index in [2.05, 4.69) is 20.4 Å². The molecule has 4 aliphatic rings. The predicted molar refractivity (Wildman–Crippen MR) is 89.7 cm³/mol. The molecule has 0 heterocycles. The third-order valence-electron chi connectivity index (χ3n) is 8.59. The van der Waals surface area contributed by atoms with Crippen LogP contribution in [0.3, 0.4) is 0 Å². The first-order valence-corrected chi connectivity index (χ1v) is 9.49. The van der Waals surface area contributed by atoms with Crippen LogP contribution in [-0.4, -0.2) is 33.6 Å². The molecule has 4 saturated carbocycles. The lowest BCUT2D eigenvalue weighted by molar-refractivity contribution is -0.176. The summed E-state index contributed by atoms with van der Waals surface area (Å²) < 4.78 is 0. The second kappa shape index (κ2) is 5.06. The van der Waals surface area contributed by atoms with Crippen LogP contribution in [-0.2, 0) is 0 Å². The van der Waals surface area contributed by atoms with Gasteiger partial charge in [0.2, 0.25) is 0 Å². The number of hydrogen-bond donors (Lipinski definition) is 3. The molecule has 0 bridgehead atoms. The van der Waals surface area contributed by atoms with Crippen molar-refractivity contribution in [2.45, 2.75) is 77.1 Å². The summed E-state index contributed by atoms with van der Waals surface area (Å²) in [5, 5.41) is 31.7. The molecule has 0 aromatic rings. The van der Waals surface area contributed by atoms with E-state index in [0.29, 0.717) is 23.7 Å². The van der Waals surface area contributed by atoms with E-state index in [1.807, 2.05) is 0 Å². The Labute approximate surface area is 139 Å². The first kappa shape index (κ1) is 16.1. The van der Waals surface area contributed by atoms with Crippen molar-refractivity contribution in [3.63, 3.8) is 0 Å². The summed E-state index contributed by atoms with van der Waals surface area (Å²) in [7, 11) is 0. The molecule has 9 atom stereocenters. The number of aliphatic hydroxyl groups is 3. The maximum absolute atomic E-state index is 11.0. The molecule has 0 amide bonds. The Balaban J connectivity index is 1.69. The molecule has 0 aliphatic heterocycles. The van der Waals surface area contributed by atoms with Gasteiger partial charge in [0.15, 0.2) is 0 Å². The Morgan fingerprint density at radius 1 is 0.957 bits per heavy atom. The van der Waals surface area contributed by atoms with Crippen LogP contribution in [0.25, 0.3) is 0 Å². The summed E-state index contributed by atoms with van der Waals surface area (Å²) in [5.74, 6) is 1.63. The fourth-order valence-corrected chi connectivity index (χ4v) is 7.14. The summed E-state index contributed by atoms with van der Waals surface area (Å²) in [4.78, 5) is 0. The van der Waals surface area contributed by atoms with Gasteiger partial charge in [0.1, 0.15) is 0 Å². The predicted octanol–water partition coefficient (Wildman–Crippen LogP) is 2.89. The van der Waals surface area contributed by atoms with E-state index in [1.165, 1.54) is 0 Å². The van der Waals surface area contributed by atoms with E-state index in [1.54, 1.807) is 0 Å². The topological polar surface area (TPSA) is 60.7 Å². The molecule has 23 heavy (non-hydrogen) atoms. The first-order valence-electron chi connectivity index (χ1n) is 9.49. The minimum atomic E-state index is -0.403. The summed E-state index contributed by atoms with van der Waals surface area (Å²) >= 11 is 0. The van der Waals surface area contributed by atoms with Crippen molar-refractivity contribution < 1.29 is 15.3 Å². The van der Waals surface area contributed by atoms with Crippen molar-refractivity contribution in [1.29, 1.82) is 0 Å². The van der Waals surface area contributed by atoms with Crippen molar-refractivity contribution in [2.24, 2.45) is 34.5 Å². The molecular formula is C20H32O3. The molecule has 3 heteroatoms. The second-order valence-electron chi connectivity index (χ2n) is 9.53. The van der Waals surface area contributed by atoms with Gasteiger partial charge < -0.3 is 15.3 Å². The van der Waals surface area contributed by atoms with Crippen molar-refractivity contribution in [1.82, 2.24) is 0 Å². The van der Waals surface area contributed by atoms with Crippen LogP contribution in [0.2, 0.25) is 0 Å². The van der Waals surface area contributed by atoms with Gasteiger partial charge in [-0.1, -0.05) is 20.4 Å². The Bertz CT molecular complexity index is 517. The molecule has 3 nitrogen and oxygen atoms in total. The molecule has 3 unspecified atom stereocenters. The minimum Gasteiger partial charge on any atom is -0.393 e. The lowest BCUT2D eigenvalue weighted by Gasteiger charge is -2.61. The maximum atomic E-state index is 11.0. The SMILES string of the molecule is C=C1CC2C3C(CC[C@]2(C)[C@H]1O)[C@@]1(C)CC[C@@H](O)C[C@H]1C[C@@H]3O. The molecule has 0 radical (unpaired) electrons. The molecular weight excluding hydrogens is 288 g/mol. The zero-order valence-electron chi connectivity index (χ0n) is 14.5. The van der Waals surface area contributed by atoms with Crippen molar-refractivity contribution in [2.75, 3.05) is 0 Å². The van der Waals surface area contributed by atoms with E-state index in [0.717, 1.165) is 50.5 Å². The van der Waals surface area contributed by atoms with E-state index < -0.39 is 6.10 Å². The highest BCUT2D eigenvalue weighted by Gasteiger charge is 2.63. The van der Waals surface area contributed by atoms with Gasteiger partial charge >= 0.3 is 0 Å². The Kier molecular flexibility index (Phi) is 3.54. The van der Waals surface area contributed by atoms with Gasteiger partial charge in [-0.15, -0.1) is 0 Å². The van der Waals surface area contributed by atoms with Gasteiger partial charge in [0.05, 0.1) is 18.3 Å². The number of hydrogen-bond acceptors (Lipinski definition) is 3. The molecule has 0 aromatic carbocycles. The normalized spacial score (nSPS) is 59.2. The third-order valence-corrected chi connectivity index (χ3v) is 8.59. The summed E-state index contributed by atoms with van der Waals surface area (Å²) in [5.41, 5.74) is 1.12. The van der Waals surface area contributed by atoms with Gasteiger partial charge in [-0.05, 0) is 79.6 Å². The van der Waals surface area contributed by atoms with Crippen LogP contribution in [0.1, 0.15) is 58.8 Å². The zero-order chi connectivity index (χ0) is 16.6. The van der Waals surface area contributed by atoms with Gasteiger partial charge in [-0.2, -0.15) is 0 Å². The third kappa shape index (κ3) is 2.06. The monoisotopic (exact) mass is 320 g/mol. The molecule has 130 valence electrons. The van der Waals surface area contributed by atoms with Crippen LogP contribution in [0.5, 0.6) is 0 Å². The fraction of sp³-hybridized carbons (Fsp3) is 0.900. The van der Waals surface area contributed by atoms with Crippen LogP contribution in [0.15, 0.2) is 12.2 Å². The molecule has 0 saturated heterocycles. The summed E-state index contributed by atoms with van der Waals surface area (Å²) in [6.45, 7) is 8.73. The summed E-state index contributed by atoms with van der Waals surface area (Å²) in [6, 6.07) is 0. The van der Waals surface area contributed by atoms with E-state index in [4.69, 9.17) is 0 Å². The standard InChI is InChI=1S/C20H32O3/c1-11-8-15-17-14(5-7-20(15,3)18(11)23)19(2)6-4-13(21)9-12(19)10-16(17)22/h12-18,21-23H,1,4-10H2,2-3H3/t12-,13+,14?,15?,16-,17?,18-,19-,20-/m0/s1. The Morgan fingerprint density at radius 3 is 2.39 bits per heavy atom. The molecule has 0 aromatic heterocycles. The maximum Gasteiger partial charge on any atom is 0.0804 e.